The lowest BCUT2D eigenvalue weighted by Crippen LogP contribution is -2.59. The summed E-state index contributed by atoms with van der Waals surface area (Å²) in [5.41, 5.74) is 1.94. The third kappa shape index (κ3) is 8.26. The van der Waals surface area contributed by atoms with Gasteiger partial charge < -0.3 is 29.1 Å². The summed E-state index contributed by atoms with van der Waals surface area (Å²) >= 11 is 0. The molecule has 13 heteroatoms. The molecule has 6 fully saturated rings. The molecule has 0 aromatic heterocycles. The molecule has 0 bridgehead atoms. The van der Waals surface area contributed by atoms with Crippen molar-refractivity contribution in [1.29, 1.82) is 0 Å². The third-order valence-corrected chi connectivity index (χ3v) is 16.3. The molecule has 0 unspecified atom stereocenters. The Balaban J connectivity index is 0.855. The van der Waals surface area contributed by atoms with Crippen LogP contribution in [0.5, 0.6) is 0 Å². The average molecular weight is 794 g/mol. The highest BCUT2D eigenvalue weighted by Gasteiger charge is 2.53. The number of sulfone groups is 1. The van der Waals surface area contributed by atoms with Gasteiger partial charge in [-0.3, -0.25) is 14.5 Å². The lowest BCUT2D eigenvalue weighted by Gasteiger charge is -2.54. The van der Waals surface area contributed by atoms with Crippen LogP contribution >= 0.6 is 0 Å². The minimum absolute atomic E-state index is 0.0146. The standard InChI is InChI=1S/C43H60FN5O6S/c1-54-42(51)23-33-5-2-8-40(33)43(31-47-15-4-16-47,35-6-3-7-36(44)24-35)34-13-17-45(18-14-34)25-32-26-48(27-32)37-9-11-38(12-10-37)56(52,53)39-28-49(29-39)41(50)30-46-19-21-55-22-20-46/h3,6-7,9-12,24,32-34,39-40H,2,4-5,8,13-23,25-31H2,1H3/t33-,40+,43+/m1/s1. The molecule has 3 atom stereocenters. The SMILES string of the molecule is COC(=O)C[C@H]1CCC[C@@H]1[C@](CN1CCC1)(c1cccc(F)c1)C1CCN(CC2CN(c3ccc(S(=O)(=O)C4CN(C(=O)CN5CCOCC5)C4)cc3)C2)CC1. The van der Waals surface area contributed by atoms with Crippen LogP contribution in [0.1, 0.15) is 50.5 Å². The monoisotopic (exact) mass is 793 g/mol. The van der Waals surface area contributed by atoms with Crippen LogP contribution in [0.2, 0.25) is 0 Å². The zero-order valence-corrected chi connectivity index (χ0v) is 33.9. The Hall–Kier alpha value is -3.10. The third-order valence-electron chi connectivity index (χ3n) is 14.2. The van der Waals surface area contributed by atoms with Gasteiger partial charge in [0.2, 0.25) is 5.91 Å². The average Bonchev–Trinajstić information content (AvgIpc) is 3.61. The van der Waals surface area contributed by atoms with Crippen LogP contribution < -0.4 is 4.90 Å². The van der Waals surface area contributed by atoms with Crippen LogP contribution in [-0.2, 0) is 34.3 Å². The van der Waals surface area contributed by atoms with Crippen LogP contribution in [0, 0.1) is 29.5 Å². The van der Waals surface area contributed by atoms with Gasteiger partial charge in [0.15, 0.2) is 9.84 Å². The van der Waals surface area contributed by atoms with Crippen LogP contribution in [-0.4, -0.2) is 151 Å². The Morgan fingerprint density at radius 3 is 2.25 bits per heavy atom. The van der Waals surface area contributed by atoms with E-state index in [0.717, 1.165) is 109 Å². The first-order valence-electron chi connectivity index (χ1n) is 21.1. The molecule has 6 aliphatic rings. The predicted molar refractivity (Wildman–Crippen MR) is 213 cm³/mol. The van der Waals surface area contributed by atoms with E-state index in [-0.39, 0.29) is 42.1 Å². The summed E-state index contributed by atoms with van der Waals surface area (Å²) in [4.78, 5) is 36.9. The van der Waals surface area contributed by atoms with E-state index in [9.17, 15) is 18.0 Å². The second-order valence-corrected chi connectivity index (χ2v) is 19.7. The molecule has 5 aliphatic heterocycles. The van der Waals surface area contributed by atoms with Gasteiger partial charge in [0.1, 0.15) is 11.1 Å². The first-order valence-corrected chi connectivity index (χ1v) is 22.6. The Kier molecular flexibility index (Phi) is 12.1. The van der Waals surface area contributed by atoms with Crippen molar-refractivity contribution in [2.75, 3.05) is 110 Å². The van der Waals surface area contributed by atoms with E-state index in [1.165, 1.54) is 13.5 Å². The molecule has 1 aliphatic carbocycles. The molecular weight excluding hydrogens is 734 g/mol. The van der Waals surface area contributed by atoms with Crippen molar-refractivity contribution < 1.29 is 31.9 Å². The van der Waals surface area contributed by atoms with Gasteiger partial charge in [-0.2, -0.15) is 0 Å². The molecule has 2 aromatic rings. The van der Waals surface area contributed by atoms with E-state index in [0.29, 0.717) is 48.8 Å². The Bertz CT molecular complexity index is 1790. The normalized spacial score (nSPS) is 26.0. The van der Waals surface area contributed by atoms with Crippen LogP contribution in [0.15, 0.2) is 53.4 Å². The first kappa shape index (κ1) is 39.7. The molecule has 0 N–H and O–H groups in total. The number of benzene rings is 2. The van der Waals surface area contributed by atoms with Crippen molar-refractivity contribution in [3.05, 3.63) is 59.9 Å². The number of carbonyl (C=O) groups excluding carboxylic acids is 2. The lowest BCUT2D eigenvalue weighted by atomic mass is 9.56. The van der Waals surface area contributed by atoms with Gasteiger partial charge in [0, 0.05) is 75.8 Å². The van der Waals surface area contributed by atoms with Crippen molar-refractivity contribution in [2.24, 2.45) is 23.7 Å². The van der Waals surface area contributed by atoms with Gasteiger partial charge in [0.05, 0.1) is 31.8 Å². The number of rotatable bonds is 14. The summed E-state index contributed by atoms with van der Waals surface area (Å²) < 4.78 is 52.3. The maximum absolute atomic E-state index is 15.0. The summed E-state index contributed by atoms with van der Waals surface area (Å²) in [6.07, 6.45) is 6.92. The fourth-order valence-electron chi connectivity index (χ4n) is 10.9. The number of ether oxygens (including phenoxy) is 2. The first-order chi connectivity index (χ1) is 27.1. The molecule has 5 heterocycles. The Morgan fingerprint density at radius 1 is 0.857 bits per heavy atom. The van der Waals surface area contributed by atoms with E-state index in [1.54, 1.807) is 29.2 Å². The number of carbonyl (C=O) groups is 2. The lowest BCUT2D eigenvalue weighted by molar-refractivity contribution is -0.142. The maximum Gasteiger partial charge on any atom is 0.305 e. The van der Waals surface area contributed by atoms with Crippen LogP contribution in [0.25, 0.3) is 0 Å². The number of piperidine rings is 1. The molecular formula is C43H60FN5O6S. The minimum atomic E-state index is -3.51. The van der Waals surface area contributed by atoms with Crippen molar-refractivity contribution in [3.8, 4) is 0 Å². The highest BCUT2D eigenvalue weighted by Crippen LogP contribution is 2.54. The zero-order valence-electron chi connectivity index (χ0n) is 33.0. The number of morpholine rings is 1. The van der Waals surface area contributed by atoms with E-state index in [4.69, 9.17) is 9.47 Å². The summed E-state index contributed by atoms with van der Waals surface area (Å²) in [7, 11) is -2.03. The van der Waals surface area contributed by atoms with E-state index in [1.807, 2.05) is 18.2 Å². The number of anilines is 1. The van der Waals surface area contributed by atoms with E-state index < -0.39 is 15.1 Å². The van der Waals surface area contributed by atoms with Gasteiger partial charge in [0.25, 0.3) is 0 Å². The Labute approximate surface area is 332 Å². The van der Waals surface area contributed by atoms with Crippen molar-refractivity contribution in [3.63, 3.8) is 0 Å². The predicted octanol–water partition coefficient (Wildman–Crippen LogP) is 3.91. The number of amides is 1. The molecule has 8 rings (SSSR count). The second-order valence-electron chi connectivity index (χ2n) is 17.5. The number of likely N-dealkylation sites (tertiary alicyclic amines) is 3. The molecule has 5 saturated heterocycles. The number of methoxy groups -OCH3 is 1. The van der Waals surface area contributed by atoms with Gasteiger partial charge in [-0.25, -0.2) is 12.8 Å². The summed E-state index contributed by atoms with van der Waals surface area (Å²) in [6, 6.07) is 14.7. The highest BCUT2D eigenvalue weighted by molar-refractivity contribution is 7.92. The Morgan fingerprint density at radius 2 is 1.59 bits per heavy atom. The molecule has 56 heavy (non-hydrogen) atoms. The smallest absolute Gasteiger partial charge is 0.305 e. The number of halogens is 1. The zero-order chi connectivity index (χ0) is 38.9. The van der Waals surface area contributed by atoms with E-state index >= 15 is 4.39 Å². The van der Waals surface area contributed by atoms with Crippen LogP contribution in [0.4, 0.5) is 10.1 Å². The van der Waals surface area contributed by atoms with Gasteiger partial charge in [-0.1, -0.05) is 18.6 Å². The van der Waals surface area contributed by atoms with Gasteiger partial charge in [-0.05, 0) is 118 Å². The highest BCUT2D eigenvalue weighted by atomic mass is 32.2. The van der Waals surface area contributed by atoms with Gasteiger partial charge in [-0.15, -0.1) is 0 Å². The number of hydrogen-bond acceptors (Lipinski definition) is 10. The van der Waals surface area contributed by atoms with Crippen molar-refractivity contribution in [1.82, 2.24) is 19.6 Å². The number of esters is 1. The fraction of sp³-hybridized carbons (Fsp3) is 0.674. The summed E-state index contributed by atoms with van der Waals surface area (Å²) in [5.74, 6) is 1.15. The maximum atomic E-state index is 15.0. The van der Waals surface area contributed by atoms with Crippen LogP contribution in [0.3, 0.4) is 0 Å². The number of hydrogen-bond donors (Lipinski definition) is 0. The summed E-state index contributed by atoms with van der Waals surface area (Å²) in [6.45, 7) is 11.5. The molecule has 0 spiro atoms. The topological polar surface area (TPSA) is 103 Å². The van der Waals surface area contributed by atoms with E-state index in [2.05, 4.69) is 25.7 Å². The fourth-order valence-corrected chi connectivity index (χ4v) is 12.5. The second kappa shape index (κ2) is 17.0. The van der Waals surface area contributed by atoms with Gasteiger partial charge >= 0.3 is 5.97 Å². The van der Waals surface area contributed by atoms with Crippen molar-refractivity contribution in [2.45, 2.75) is 60.5 Å². The molecule has 2 aromatic carbocycles. The largest absolute Gasteiger partial charge is 0.469 e. The quantitative estimate of drug-likeness (QED) is 0.262. The molecule has 0 radical (unpaired) electrons. The molecule has 1 saturated carbocycles. The minimum Gasteiger partial charge on any atom is -0.469 e. The molecule has 1 amide bonds. The summed E-state index contributed by atoms with van der Waals surface area (Å²) in [5, 5.41) is -0.561. The molecule has 11 nitrogen and oxygen atoms in total. The molecule has 306 valence electrons. The van der Waals surface area contributed by atoms with Crippen molar-refractivity contribution >= 4 is 27.4 Å². The number of nitrogens with zero attached hydrogens (tertiary/aromatic N) is 5.